The Kier molecular flexibility index (Phi) is 7.20. The lowest BCUT2D eigenvalue weighted by molar-refractivity contribution is 0.308. The fourth-order valence-corrected chi connectivity index (χ4v) is 3.52. The first-order chi connectivity index (χ1) is 13.6. The van der Waals surface area contributed by atoms with Gasteiger partial charge in [0.05, 0.1) is 11.7 Å². The molecule has 0 atom stereocenters. The number of benzene rings is 2. The van der Waals surface area contributed by atoms with Crippen LogP contribution in [0.1, 0.15) is 24.0 Å². The molecule has 0 amide bonds. The third-order valence-electron chi connectivity index (χ3n) is 4.69. The van der Waals surface area contributed by atoms with Crippen LogP contribution in [0, 0.1) is 0 Å². The Labute approximate surface area is 175 Å². The number of halogens is 2. The van der Waals surface area contributed by atoms with Gasteiger partial charge in [-0.15, -0.1) is 0 Å². The van der Waals surface area contributed by atoms with Gasteiger partial charge in [0.25, 0.3) is 0 Å². The summed E-state index contributed by atoms with van der Waals surface area (Å²) in [6, 6.07) is 11.2. The molecule has 148 valence electrons. The molecule has 0 saturated carbocycles. The lowest BCUT2D eigenvalue weighted by Gasteiger charge is -2.18. The molecule has 1 heterocycles. The molecule has 1 aliphatic rings. The van der Waals surface area contributed by atoms with Crippen molar-refractivity contribution in [3.8, 4) is 5.75 Å². The summed E-state index contributed by atoms with van der Waals surface area (Å²) in [6.07, 6.45) is 5.44. The van der Waals surface area contributed by atoms with Gasteiger partial charge >= 0.3 is 0 Å². The largest absolute Gasteiger partial charge is 0.487 e. The number of hydrogen-bond donors (Lipinski definition) is 3. The molecule has 1 fully saturated rings. The third kappa shape index (κ3) is 5.19. The number of nitrogens with two attached hydrogens (primary N) is 2. The number of anilines is 1. The number of aliphatic imine (C=N–C) groups is 1. The molecule has 2 aromatic rings. The van der Waals surface area contributed by atoms with E-state index in [1.807, 2.05) is 18.3 Å². The van der Waals surface area contributed by atoms with E-state index in [0.29, 0.717) is 27.5 Å². The van der Waals surface area contributed by atoms with Crippen LogP contribution in [0.25, 0.3) is 5.57 Å². The van der Waals surface area contributed by atoms with Crippen LogP contribution in [0.3, 0.4) is 0 Å². The minimum Gasteiger partial charge on any atom is -0.487 e. The summed E-state index contributed by atoms with van der Waals surface area (Å²) in [5, 5.41) is 4.44. The first kappa shape index (κ1) is 20.5. The van der Waals surface area contributed by atoms with Gasteiger partial charge < -0.3 is 21.5 Å². The zero-order valence-corrected chi connectivity index (χ0v) is 17.0. The molecule has 28 heavy (non-hydrogen) atoms. The van der Waals surface area contributed by atoms with Gasteiger partial charge in [0.1, 0.15) is 12.4 Å². The average molecular weight is 419 g/mol. The van der Waals surface area contributed by atoms with E-state index in [1.54, 1.807) is 30.5 Å². The van der Waals surface area contributed by atoms with Crippen LogP contribution in [0.4, 0.5) is 5.69 Å². The second-order valence-electron chi connectivity index (χ2n) is 6.62. The number of nitrogen functional groups attached to an aromatic ring is 1. The lowest BCUT2D eigenvalue weighted by Crippen LogP contribution is -2.29. The molecule has 7 heteroatoms. The van der Waals surface area contributed by atoms with Crippen LogP contribution in [-0.4, -0.2) is 25.3 Å². The van der Waals surface area contributed by atoms with Crippen molar-refractivity contribution in [2.24, 2.45) is 10.7 Å². The number of allylic oxidation sites excluding steroid dienone is 1. The van der Waals surface area contributed by atoms with E-state index in [0.717, 1.165) is 42.6 Å². The Hall–Kier alpha value is -2.21. The molecular formula is C21H24Cl2N4O. The molecule has 0 radical (unpaired) electrons. The number of ether oxygens (including phenoxy) is 1. The summed E-state index contributed by atoms with van der Waals surface area (Å²) in [6.45, 7) is 2.21. The molecular weight excluding hydrogens is 395 g/mol. The third-order valence-corrected chi connectivity index (χ3v) is 5.40. The van der Waals surface area contributed by atoms with E-state index in [-0.39, 0.29) is 6.61 Å². The molecule has 5 nitrogen and oxygen atoms in total. The maximum Gasteiger partial charge on any atom is 0.143 e. The molecule has 0 unspecified atom stereocenters. The summed E-state index contributed by atoms with van der Waals surface area (Å²) in [5.74, 6) is 0.545. The monoisotopic (exact) mass is 418 g/mol. The molecule has 1 aliphatic heterocycles. The van der Waals surface area contributed by atoms with Crippen molar-refractivity contribution in [1.82, 2.24) is 5.32 Å². The van der Waals surface area contributed by atoms with Crippen LogP contribution in [0.15, 0.2) is 47.6 Å². The van der Waals surface area contributed by atoms with Crippen molar-refractivity contribution in [3.63, 3.8) is 0 Å². The van der Waals surface area contributed by atoms with Crippen LogP contribution in [0.5, 0.6) is 5.75 Å². The Morgan fingerprint density at radius 2 is 1.89 bits per heavy atom. The van der Waals surface area contributed by atoms with E-state index in [4.69, 9.17) is 39.4 Å². The number of nitrogens with zero attached hydrogens (tertiary/aromatic N) is 1. The lowest BCUT2D eigenvalue weighted by atomic mass is 10.1. The quantitative estimate of drug-likeness (QED) is 0.482. The molecule has 0 bridgehead atoms. The zero-order chi connectivity index (χ0) is 19.9. The van der Waals surface area contributed by atoms with Crippen LogP contribution < -0.4 is 21.5 Å². The van der Waals surface area contributed by atoms with Crippen LogP contribution in [-0.2, 0) is 6.61 Å². The van der Waals surface area contributed by atoms with Gasteiger partial charge in [0.2, 0.25) is 0 Å². The first-order valence-electron chi connectivity index (χ1n) is 9.20. The molecule has 1 saturated heterocycles. The van der Waals surface area contributed by atoms with Gasteiger partial charge in [-0.25, -0.2) is 0 Å². The second kappa shape index (κ2) is 9.82. The van der Waals surface area contributed by atoms with Gasteiger partial charge in [0, 0.05) is 33.6 Å². The molecule has 0 aliphatic carbocycles. The average Bonchev–Trinajstić information content (AvgIpc) is 2.70. The van der Waals surface area contributed by atoms with E-state index in [9.17, 15) is 0 Å². The van der Waals surface area contributed by atoms with Crippen molar-refractivity contribution in [1.29, 1.82) is 0 Å². The highest BCUT2D eigenvalue weighted by molar-refractivity contribution is 6.35. The highest BCUT2D eigenvalue weighted by atomic mass is 35.5. The molecule has 0 aromatic heterocycles. The maximum atomic E-state index is 6.21. The minimum atomic E-state index is 0.219. The van der Waals surface area contributed by atoms with E-state index >= 15 is 0 Å². The van der Waals surface area contributed by atoms with Crippen molar-refractivity contribution >= 4 is 40.7 Å². The normalized spacial score (nSPS) is 15.9. The smallest absolute Gasteiger partial charge is 0.143 e. The fourth-order valence-electron chi connectivity index (χ4n) is 3.01. The topological polar surface area (TPSA) is 85.7 Å². The predicted octanol–water partition coefficient (Wildman–Crippen LogP) is 4.28. The number of nitrogens with one attached hydrogen (secondary N) is 1. The first-order valence-corrected chi connectivity index (χ1v) is 9.95. The Morgan fingerprint density at radius 1 is 1.18 bits per heavy atom. The number of piperidine rings is 1. The molecule has 0 spiro atoms. The van der Waals surface area contributed by atoms with Crippen molar-refractivity contribution in [3.05, 3.63) is 63.8 Å². The maximum absolute atomic E-state index is 6.21. The van der Waals surface area contributed by atoms with Crippen molar-refractivity contribution < 1.29 is 4.74 Å². The van der Waals surface area contributed by atoms with Gasteiger partial charge in [0.15, 0.2) is 0 Å². The van der Waals surface area contributed by atoms with Crippen molar-refractivity contribution in [2.45, 2.75) is 25.5 Å². The summed E-state index contributed by atoms with van der Waals surface area (Å²) < 4.78 is 5.90. The second-order valence-corrected chi connectivity index (χ2v) is 7.44. The number of rotatable bonds is 6. The van der Waals surface area contributed by atoms with Gasteiger partial charge in [-0.2, -0.15) is 0 Å². The minimum absolute atomic E-state index is 0.219. The SMILES string of the molecule is NC=C(C=NC1CCNCC1)c1ccc(N)c(OCc2c(Cl)cccc2Cl)c1. The van der Waals surface area contributed by atoms with Gasteiger partial charge in [-0.1, -0.05) is 35.3 Å². The Morgan fingerprint density at radius 3 is 2.57 bits per heavy atom. The fraction of sp³-hybridized carbons (Fsp3) is 0.286. The van der Waals surface area contributed by atoms with Crippen LogP contribution >= 0.6 is 23.2 Å². The van der Waals surface area contributed by atoms with Gasteiger partial charge in [-0.05, 0) is 55.8 Å². The van der Waals surface area contributed by atoms with E-state index in [2.05, 4.69) is 10.3 Å². The number of hydrogen-bond acceptors (Lipinski definition) is 5. The summed E-state index contributed by atoms with van der Waals surface area (Å²) in [5.41, 5.74) is 14.9. The highest BCUT2D eigenvalue weighted by Crippen LogP contribution is 2.30. The zero-order valence-electron chi connectivity index (χ0n) is 15.5. The molecule has 3 rings (SSSR count). The summed E-state index contributed by atoms with van der Waals surface area (Å²) in [7, 11) is 0. The summed E-state index contributed by atoms with van der Waals surface area (Å²) >= 11 is 12.4. The molecule has 2 aromatic carbocycles. The van der Waals surface area contributed by atoms with E-state index < -0.39 is 0 Å². The Bertz CT molecular complexity index is 856. The van der Waals surface area contributed by atoms with Crippen molar-refractivity contribution in [2.75, 3.05) is 18.8 Å². The van der Waals surface area contributed by atoms with E-state index in [1.165, 1.54) is 0 Å². The predicted molar refractivity (Wildman–Crippen MR) is 118 cm³/mol. The highest BCUT2D eigenvalue weighted by Gasteiger charge is 2.12. The standard InChI is InChI=1S/C21H24Cl2N4O/c22-18-2-1-3-19(23)17(18)13-28-21-10-14(4-5-20(21)25)15(11-24)12-27-16-6-8-26-9-7-16/h1-5,10-12,16,26H,6-9,13,24-25H2. The van der Waals surface area contributed by atoms with Gasteiger partial charge in [-0.3, -0.25) is 4.99 Å². The Balaban J connectivity index is 1.75. The van der Waals surface area contributed by atoms with Crippen LogP contribution in [0.2, 0.25) is 10.0 Å². The molecule has 5 N–H and O–H groups in total. The summed E-state index contributed by atoms with van der Waals surface area (Å²) in [4.78, 5) is 4.68.